The maximum absolute atomic E-state index is 8.36. The Morgan fingerprint density at radius 1 is 1.50 bits per heavy atom. The van der Waals surface area contributed by atoms with E-state index in [4.69, 9.17) is 15.3 Å². The molecule has 6 heavy (non-hydrogen) atoms. The Hall–Kier alpha value is 1.20. The van der Waals surface area contributed by atoms with Crippen molar-refractivity contribution in [3.63, 3.8) is 0 Å². The van der Waals surface area contributed by atoms with Crippen LogP contribution in [-0.2, 0) is 0 Å². The van der Waals surface area contributed by atoms with Crippen molar-refractivity contribution in [2.75, 3.05) is 0 Å². The molecule has 4 nitrogen and oxygen atoms in total. The van der Waals surface area contributed by atoms with Gasteiger partial charge < -0.3 is 5.21 Å². The Kier molecular flexibility index (Phi) is 24.9. The summed E-state index contributed by atoms with van der Waals surface area (Å²) in [7, 11) is 0. The molecule has 24 valence electrons. The van der Waals surface area contributed by atoms with Crippen LogP contribution in [0.1, 0.15) is 0 Å². The van der Waals surface area contributed by atoms with Crippen molar-refractivity contribution in [1.82, 2.24) is 0 Å². The van der Waals surface area contributed by atoms with E-state index in [0.29, 0.717) is 0 Å². The van der Waals surface area contributed by atoms with E-state index in [2.05, 4.69) is 0 Å². The molecule has 0 bridgehead atoms. The third kappa shape index (κ3) is 63.7. The van der Waals surface area contributed by atoms with Crippen LogP contribution in [0.15, 0.2) is 0 Å². The fourth-order valence-corrected chi connectivity index (χ4v) is 0. The summed E-state index contributed by atoms with van der Waals surface area (Å²) in [6.07, 6.45) is 0. The molecular formula is HNNa2O3+2. The zero-order valence-electron chi connectivity index (χ0n) is 3.71. The van der Waals surface area contributed by atoms with Crippen LogP contribution in [0.3, 0.4) is 0 Å². The molecule has 0 spiro atoms. The summed E-state index contributed by atoms with van der Waals surface area (Å²) in [5, 5.41) is 13.6. The smallest absolute Gasteiger partial charge is 0.328 e. The topological polar surface area (TPSA) is 63.4 Å². The normalized spacial score (nSPS) is 4.00. The van der Waals surface area contributed by atoms with E-state index in [9.17, 15) is 0 Å². The third-order valence-electron chi connectivity index (χ3n) is 0. The number of nitrogens with zero attached hydrogens (tertiary/aromatic N) is 1. The second-order valence-electron chi connectivity index (χ2n) is 0.238. The summed E-state index contributed by atoms with van der Waals surface area (Å²) < 4.78 is 0. The fourth-order valence-electron chi connectivity index (χ4n) is 0. The number of rotatable bonds is 0. The molecule has 0 aliphatic rings. The zero-order valence-corrected chi connectivity index (χ0v) is 7.71. The maximum Gasteiger partial charge on any atom is 1.00 e. The van der Waals surface area contributed by atoms with Crippen LogP contribution in [0, 0.1) is 10.1 Å². The average molecular weight is 109 g/mol. The van der Waals surface area contributed by atoms with Gasteiger partial charge in [-0.1, -0.05) is 0 Å². The van der Waals surface area contributed by atoms with Gasteiger partial charge in [0.2, 0.25) is 0 Å². The van der Waals surface area contributed by atoms with Crippen LogP contribution in [-0.4, -0.2) is 10.3 Å². The summed E-state index contributed by atoms with van der Waals surface area (Å²) in [6, 6.07) is 0. The first-order valence-electron chi connectivity index (χ1n) is 0.565. The van der Waals surface area contributed by atoms with Gasteiger partial charge in [0, 0.05) is 0 Å². The monoisotopic (exact) mass is 109 g/mol. The van der Waals surface area contributed by atoms with Crippen LogP contribution in [0.2, 0.25) is 0 Å². The van der Waals surface area contributed by atoms with E-state index in [-0.39, 0.29) is 59.1 Å². The van der Waals surface area contributed by atoms with Crippen molar-refractivity contribution < 1.29 is 69.4 Å². The molecule has 0 aromatic heterocycles. The molecule has 0 heterocycles. The van der Waals surface area contributed by atoms with Crippen LogP contribution in [0.4, 0.5) is 0 Å². The summed E-state index contributed by atoms with van der Waals surface area (Å²) in [6.45, 7) is 0. The Morgan fingerprint density at radius 2 is 1.50 bits per heavy atom. The van der Waals surface area contributed by atoms with Gasteiger partial charge in [-0.15, -0.1) is 10.1 Å². The number of hydrogen-bond acceptors (Lipinski definition) is 2. The fraction of sp³-hybridized carbons (Fsp3) is 0. The van der Waals surface area contributed by atoms with E-state index in [1.807, 2.05) is 0 Å². The zero-order chi connectivity index (χ0) is 3.58. The van der Waals surface area contributed by atoms with Crippen LogP contribution < -0.4 is 59.1 Å². The van der Waals surface area contributed by atoms with Gasteiger partial charge in [-0.25, -0.2) is 0 Å². The summed E-state index contributed by atoms with van der Waals surface area (Å²) in [5.74, 6) is 0. The van der Waals surface area contributed by atoms with Crippen LogP contribution in [0.5, 0.6) is 0 Å². The van der Waals surface area contributed by atoms with Crippen molar-refractivity contribution in [3.05, 3.63) is 10.1 Å². The second-order valence-corrected chi connectivity index (χ2v) is 0.238. The molecule has 0 fully saturated rings. The Bertz CT molecular complexity index is 31.8. The van der Waals surface area contributed by atoms with Gasteiger partial charge in [0.05, 0.1) is 0 Å². The van der Waals surface area contributed by atoms with Crippen molar-refractivity contribution in [3.8, 4) is 0 Å². The molecule has 0 saturated carbocycles. The van der Waals surface area contributed by atoms with Gasteiger partial charge in [0.25, 0.3) is 5.09 Å². The molecule has 1 N–H and O–H groups in total. The standard InChI is InChI=1S/HNO3.2Na/c2-1(3)4;;/h(H,2,3,4);;/q;2*+1. The molecule has 0 atom stereocenters. The summed E-state index contributed by atoms with van der Waals surface area (Å²) in [5.41, 5.74) is 0. The molecule has 0 saturated heterocycles. The third-order valence-corrected chi connectivity index (χ3v) is 0. The molecule has 0 aromatic rings. The Balaban J connectivity index is -0.0000000450. The van der Waals surface area contributed by atoms with E-state index in [1.54, 1.807) is 0 Å². The molecule has 0 radical (unpaired) electrons. The van der Waals surface area contributed by atoms with Gasteiger partial charge in [-0.2, -0.15) is 0 Å². The SMILES string of the molecule is O=[N+]([O-])O.[Na+].[Na+]. The van der Waals surface area contributed by atoms with Crippen molar-refractivity contribution in [1.29, 1.82) is 0 Å². The van der Waals surface area contributed by atoms with E-state index in [0.717, 1.165) is 0 Å². The first-order valence-corrected chi connectivity index (χ1v) is 0.565. The second kappa shape index (κ2) is 9.50. The minimum Gasteiger partial charge on any atom is -0.328 e. The molecule has 0 rings (SSSR count). The predicted molar refractivity (Wildman–Crippen MR) is 8.78 cm³/mol. The van der Waals surface area contributed by atoms with Gasteiger partial charge in [0.15, 0.2) is 0 Å². The molecule has 0 aliphatic carbocycles. The molecule has 0 amide bonds. The molecule has 0 aromatic carbocycles. The summed E-state index contributed by atoms with van der Waals surface area (Å²) in [4.78, 5) is 8.36. The summed E-state index contributed by atoms with van der Waals surface area (Å²) >= 11 is 0. The van der Waals surface area contributed by atoms with Gasteiger partial charge in [0.1, 0.15) is 0 Å². The molecular weight excluding hydrogens is 108 g/mol. The van der Waals surface area contributed by atoms with Crippen molar-refractivity contribution in [2.45, 2.75) is 0 Å². The molecule has 0 aliphatic heterocycles. The van der Waals surface area contributed by atoms with Crippen molar-refractivity contribution in [2.24, 2.45) is 0 Å². The van der Waals surface area contributed by atoms with E-state index in [1.165, 1.54) is 0 Å². The minimum absolute atomic E-state index is 0. The van der Waals surface area contributed by atoms with Crippen LogP contribution in [0.25, 0.3) is 0 Å². The Morgan fingerprint density at radius 3 is 1.50 bits per heavy atom. The van der Waals surface area contributed by atoms with E-state index < -0.39 is 5.09 Å². The van der Waals surface area contributed by atoms with E-state index >= 15 is 0 Å². The maximum atomic E-state index is 8.36. The average Bonchev–Trinajstić information content (AvgIpc) is 0.811. The predicted octanol–water partition coefficient (Wildman–Crippen LogP) is -6.34. The Labute approximate surface area is 78.6 Å². The van der Waals surface area contributed by atoms with Crippen molar-refractivity contribution >= 4 is 0 Å². The van der Waals surface area contributed by atoms with Gasteiger partial charge >= 0.3 is 59.1 Å². The van der Waals surface area contributed by atoms with Gasteiger partial charge in [-0.3, -0.25) is 0 Å². The van der Waals surface area contributed by atoms with Gasteiger partial charge in [-0.05, 0) is 0 Å². The molecule has 6 heteroatoms. The largest absolute Gasteiger partial charge is 1.00 e. The molecule has 0 unspecified atom stereocenters. The quantitative estimate of drug-likeness (QED) is 0.191. The first-order chi connectivity index (χ1) is 1.73. The van der Waals surface area contributed by atoms with Crippen LogP contribution >= 0.6 is 0 Å². The number of hydrogen-bond donors (Lipinski definition) is 1. The first kappa shape index (κ1) is 15.7. The minimum atomic E-state index is -1.50.